The maximum atomic E-state index is 6.65. The van der Waals surface area contributed by atoms with Gasteiger partial charge in [0.1, 0.15) is 5.62 Å². The third-order valence-electron chi connectivity index (χ3n) is 9.27. The van der Waals surface area contributed by atoms with Crippen LogP contribution in [0.5, 0.6) is 0 Å². The molecule has 4 saturated carbocycles. The van der Waals surface area contributed by atoms with Crippen LogP contribution in [0.15, 0.2) is 0 Å². The lowest BCUT2D eigenvalue weighted by Crippen LogP contribution is -2.69. The Hall–Kier alpha value is 0.0900. The molecule has 0 amide bonds. The average molecular weight is 482 g/mol. The molecule has 5 aliphatic rings. The van der Waals surface area contributed by atoms with Crippen LogP contribution in [0.3, 0.4) is 0 Å². The summed E-state index contributed by atoms with van der Waals surface area (Å²) >= 11 is 6.65. The van der Waals surface area contributed by atoms with Gasteiger partial charge in [-0.2, -0.15) is 0 Å². The highest BCUT2D eigenvalue weighted by Crippen LogP contribution is 2.35. The first-order valence-electron chi connectivity index (χ1n) is 14.5. The van der Waals surface area contributed by atoms with E-state index in [1.54, 1.807) is 0 Å². The van der Waals surface area contributed by atoms with Crippen LogP contribution in [0.4, 0.5) is 0 Å². The second kappa shape index (κ2) is 12.4. The molecule has 1 heterocycles. The zero-order valence-electron chi connectivity index (χ0n) is 20.6. The maximum absolute atomic E-state index is 6.65. The molecule has 4 aliphatic carbocycles. The Balaban J connectivity index is 1.05. The van der Waals surface area contributed by atoms with E-state index in [1.165, 1.54) is 116 Å². The van der Waals surface area contributed by atoms with Gasteiger partial charge in [0.05, 0.1) is 36.7 Å². The van der Waals surface area contributed by atoms with E-state index in [1.807, 2.05) is 0 Å². The molecular weight excluding hydrogens is 434 g/mol. The quantitative estimate of drug-likeness (QED) is 0.332. The molecule has 5 rings (SSSR count). The van der Waals surface area contributed by atoms with E-state index in [2.05, 4.69) is 16.0 Å². The number of rotatable bonds is 6. The van der Waals surface area contributed by atoms with Crippen LogP contribution >= 0.6 is 11.6 Å². The molecule has 1 saturated heterocycles. The van der Waals surface area contributed by atoms with Crippen LogP contribution in [-0.4, -0.2) is 42.4 Å². The SMILES string of the molecule is ClC1NC(C2CCC(OC3CCCCC3)CC2)NC(C2CCC(OC3CCCCC3)CC2)N1. The molecule has 0 aromatic carbocycles. The largest absolute Gasteiger partial charge is 0.375 e. The Labute approximate surface area is 206 Å². The zero-order chi connectivity index (χ0) is 22.5. The van der Waals surface area contributed by atoms with E-state index in [-0.39, 0.29) is 5.62 Å². The molecule has 0 aromatic rings. The van der Waals surface area contributed by atoms with E-state index >= 15 is 0 Å². The molecule has 2 unspecified atom stereocenters. The Morgan fingerprint density at radius 2 is 0.788 bits per heavy atom. The van der Waals surface area contributed by atoms with Crippen molar-refractivity contribution >= 4 is 11.6 Å². The molecule has 33 heavy (non-hydrogen) atoms. The summed E-state index contributed by atoms with van der Waals surface area (Å²) in [6.07, 6.45) is 25.7. The monoisotopic (exact) mass is 481 g/mol. The van der Waals surface area contributed by atoms with Gasteiger partial charge in [-0.3, -0.25) is 16.0 Å². The van der Waals surface area contributed by atoms with Crippen molar-refractivity contribution < 1.29 is 9.47 Å². The van der Waals surface area contributed by atoms with Crippen molar-refractivity contribution in [3.05, 3.63) is 0 Å². The number of ether oxygens (including phenoxy) is 2. The van der Waals surface area contributed by atoms with E-state index in [0.29, 0.717) is 48.6 Å². The fourth-order valence-electron chi connectivity index (χ4n) is 7.26. The lowest BCUT2D eigenvalue weighted by Gasteiger charge is -2.46. The number of nitrogens with one attached hydrogen (secondary N) is 3. The van der Waals surface area contributed by atoms with E-state index in [4.69, 9.17) is 21.1 Å². The lowest BCUT2D eigenvalue weighted by atomic mass is 9.82. The molecule has 0 aromatic heterocycles. The minimum Gasteiger partial charge on any atom is -0.375 e. The van der Waals surface area contributed by atoms with Crippen molar-refractivity contribution in [1.29, 1.82) is 0 Å². The maximum Gasteiger partial charge on any atom is 0.137 e. The molecule has 0 radical (unpaired) electrons. The second-order valence-electron chi connectivity index (χ2n) is 11.7. The van der Waals surface area contributed by atoms with Crippen LogP contribution in [0.1, 0.15) is 116 Å². The van der Waals surface area contributed by atoms with Crippen LogP contribution in [0.25, 0.3) is 0 Å². The normalized spacial score (nSPS) is 42.3. The summed E-state index contributed by atoms with van der Waals surface area (Å²) in [6, 6.07) is 0. The molecule has 1 aliphatic heterocycles. The van der Waals surface area contributed by atoms with Gasteiger partial charge in [0.25, 0.3) is 0 Å². The molecule has 0 spiro atoms. The van der Waals surface area contributed by atoms with Crippen molar-refractivity contribution in [3.8, 4) is 0 Å². The van der Waals surface area contributed by atoms with Gasteiger partial charge < -0.3 is 9.47 Å². The standard InChI is InChI=1S/C27H48ClN3O2/c28-27-30-25(19-11-15-23(16-12-19)32-21-7-3-1-4-8-21)29-26(31-27)20-13-17-24(18-14-20)33-22-9-5-2-6-10-22/h19-27,29-31H,1-18H2. The first kappa shape index (κ1) is 24.8. The lowest BCUT2D eigenvalue weighted by molar-refractivity contribution is -0.0594. The Bertz CT molecular complexity index is 520. The average Bonchev–Trinajstić information content (AvgIpc) is 2.86. The second-order valence-corrected chi connectivity index (χ2v) is 12.1. The smallest absolute Gasteiger partial charge is 0.137 e. The van der Waals surface area contributed by atoms with Crippen LogP contribution in [0, 0.1) is 11.8 Å². The molecule has 0 bridgehead atoms. The van der Waals surface area contributed by atoms with Gasteiger partial charge in [0.15, 0.2) is 0 Å². The van der Waals surface area contributed by atoms with Crippen LogP contribution in [0.2, 0.25) is 0 Å². The molecule has 5 nitrogen and oxygen atoms in total. The van der Waals surface area contributed by atoms with Gasteiger partial charge in [-0.25, -0.2) is 0 Å². The molecular formula is C27H48ClN3O2. The van der Waals surface area contributed by atoms with Gasteiger partial charge in [-0.05, 0) is 88.9 Å². The predicted octanol–water partition coefficient (Wildman–Crippen LogP) is 5.76. The summed E-state index contributed by atoms with van der Waals surface area (Å²) in [5, 5.41) is 11.1. The minimum atomic E-state index is -0.145. The summed E-state index contributed by atoms with van der Waals surface area (Å²) in [7, 11) is 0. The highest BCUT2D eigenvalue weighted by molar-refractivity contribution is 6.20. The topological polar surface area (TPSA) is 54.5 Å². The van der Waals surface area contributed by atoms with Crippen molar-refractivity contribution in [2.75, 3.05) is 0 Å². The number of halogens is 1. The first-order valence-corrected chi connectivity index (χ1v) is 14.9. The van der Waals surface area contributed by atoms with Crippen LogP contribution < -0.4 is 16.0 Å². The highest BCUT2D eigenvalue weighted by Gasteiger charge is 2.38. The number of hydrogen-bond acceptors (Lipinski definition) is 5. The van der Waals surface area contributed by atoms with E-state index in [0.717, 1.165) is 0 Å². The minimum absolute atomic E-state index is 0.145. The number of alkyl halides is 1. The molecule has 6 heteroatoms. The zero-order valence-corrected chi connectivity index (χ0v) is 21.4. The van der Waals surface area contributed by atoms with Gasteiger partial charge in [-0.15, -0.1) is 0 Å². The van der Waals surface area contributed by atoms with Crippen molar-refractivity contribution in [1.82, 2.24) is 16.0 Å². The molecule has 2 atom stereocenters. The van der Waals surface area contributed by atoms with Crippen molar-refractivity contribution in [2.45, 2.75) is 158 Å². The van der Waals surface area contributed by atoms with Crippen molar-refractivity contribution in [2.24, 2.45) is 11.8 Å². The van der Waals surface area contributed by atoms with Gasteiger partial charge in [-0.1, -0.05) is 50.1 Å². The summed E-state index contributed by atoms with van der Waals surface area (Å²) in [5.41, 5.74) is -0.145. The Morgan fingerprint density at radius 1 is 0.424 bits per heavy atom. The predicted molar refractivity (Wildman–Crippen MR) is 134 cm³/mol. The van der Waals surface area contributed by atoms with E-state index in [9.17, 15) is 0 Å². The van der Waals surface area contributed by atoms with Gasteiger partial charge in [0, 0.05) is 0 Å². The Kier molecular flexibility index (Phi) is 9.28. The van der Waals surface area contributed by atoms with Gasteiger partial charge >= 0.3 is 0 Å². The molecule has 3 N–H and O–H groups in total. The number of hydrogen-bond donors (Lipinski definition) is 3. The first-order chi connectivity index (χ1) is 16.2. The molecule has 190 valence electrons. The molecule has 5 fully saturated rings. The summed E-state index contributed by atoms with van der Waals surface area (Å²) in [5.74, 6) is 1.29. The van der Waals surface area contributed by atoms with Gasteiger partial charge in [0.2, 0.25) is 0 Å². The fourth-order valence-corrected chi connectivity index (χ4v) is 7.53. The summed E-state index contributed by atoms with van der Waals surface area (Å²) < 4.78 is 13.0. The third-order valence-corrected chi connectivity index (χ3v) is 9.52. The fraction of sp³-hybridized carbons (Fsp3) is 1.00. The van der Waals surface area contributed by atoms with Crippen molar-refractivity contribution in [3.63, 3.8) is 0 Å². The summed E-state index contributed by atoms with van der Waals surface area (Å²) in [6.45, 7) is 0. The third kappa shape index (κ3) is 7.07. The highest BCUT2D eigenvalue weighted by atomic mass is 35.5. The van der Waals surface area contributed by atoms with Crippen LogP contribution in [-0.2, 0) is 9.47 Å². The van der Waals surface area contributed by atoms with E-state index < -0.39 is 0 Å². The summed E-state index contributed by atoms with van der Waals surface area (Å²) in [4.78, 5) is 0. The Morgan fingerprint density at radius 3 is 1.18 bits per heavy atom.